The molecule has 0 unspecified atom stereocenters. The molecule has 7 heteroatoms. The van der Waals surface area contributed by atoms with Gasteiger partial charge in [0, 0.05) is 12.1 Å². The number of nitrogens with one attached hydrogen (secondary N) is 1. The van der Waals surface area contributed by atoms with Crippen molar-refractivity contribution < 1.29 is 23.9 Å². The summed E-state index contributed by atoms with van der Waals surface area (Å²) in [6, 6.07) is 6.55. The number of carbonyl (C=O) groups excluding carboxylic acids is 3. The first kappa shape index (κ1) is 17.8. The minimum atomic E-state index is -0.722. The molecule has 1 atom stereocenters. The summed E-state index contributed by atoms with van der Waals surface area (Å²) in [4.78, 5) is 37.6. The summed E-state index contributed by atoms with van der Waals surface area (Å²) >= 11 is 0. The van der Waals surface area contributed by atoms with Gasteiger partial charge in [-0.2, -0.15) is 0 Å². The van der Waals surface area contributed by atoms with Gasteiger partial charge >= 0.3 is 12.1 Å². The van der Waals surface area contributed by atoms with Gasteiger partial charge in [0.1, 0.15) is 18.2 Å². The first-order valence-electron chi connectivity index (χ1n) is 7.67. The Morgan fingerprint density at radius 3 is 2.54 bits per heavy atom. The molecule has 1 aromatic rings. The average Bonchev–Trinajstić information content (AvgIpc) is 2.89. The van der Waals surface area contributed by atoms with E-state index in [0.29, 0.717) is 12.1 Å². The molecule has 0 aromatic heterocycles. The van der Waals surface area contributed by atoms with Crippen LogP contribution in [0, 0.1) is 0 Å². The Bertz CT molecular complexity index is 651. The van der Waals surface area contributed by atoms with Gasteiger partial charge in [0.05, 0.1) is 7.11 Å². The summed E-state index contributed by atoms with van der Waals surface area (Å²) in [6.45, 7) is 4.94. The minimum absolute atomic E-state index is 0.267. The molecule has 24 heavy (non-hydrogen) atoms. The molecule has 1 heterocycles. The van der Waals surface area contributed by atoms with Crippen molar-refractivity contribution in [3.63, 3.8) is 0 Å². The van der Waals surface area contributed by atoms with E-state index in [-0.39, 0.29) is 6.54 Å². The molecule has 1 aliphatic rings. The second kappa shape index (κ2) is 6.90. The minimum Gasteiger partial charge on any atom is -0.467 e. The summed E-state index contributed by atoms with van der Waals surface area (Å²) in [5, 5.41) is 2.42. The number of anilines is 1. The van der Waals surface area contributed by atoms with Crippen LogP contribution >= 0.6 is 0 Å². The molecule has 0 saturated carbocycles. The maximum absolute atomic E-state index is 12.6. The van der Waals surface area contributed by atoms with E-state index in [4.69, 9.17) is 9.47 Å². The predicted octanol–water partition coefficient (Wildman–Crippen LogP) is 1.64. The van der Waals surface area contributed by atoms with Crippen molar-refractivity contribution >= 4 is 23.7 Å². The number of nitrogens with zero attached hydrogens (tertiary/aromatic N) is 1. The first-order chi connectivity index (χ1) is 11.2. The molecule has 7 nitrogen and oxygen atoms in total. The summed E-state index contributed by atoms with van der Waals surface area (Å²) in [6.07, 6.45) is -0.293. The van der Waals surface area contributed by atoms with E-state index >= 15 is 0 Å². The molecule has 0 bridgehead atoms. The summed E-state index contributed by atoms with van der Waals surface area (Å²) in [5.41, 5.74) is 0.893. The molecule has 0 fully saturated rings. The van der Waals surface area contributed by atoms with Crippen LogP contribution < -0.4 is 10.2 Å². The number of benzene rings is 1. The van der Waals surface area contributed by atoms with Crippen LogP contribution in [0.25, 0.3) is 0 Å². The van der Waals surface area contributed by atoms with Crippen molar-refractivity contribution in [2.45, 2.75) is 38.8 Å². The highest BCUT2D eigenvalue weighted by Crippen LogP contribution is 2.32. The van der Waals surface area contributed by atoms with E-state index < -0.39 is 29.6 Å². The van der Waals surface area contributed by atoms with Gasteiger partial charge < -0.3 is 14.8 Å². The molecular weight excluding hydrogens is 312 g/mol. The monoisotopic (exact) mass is 334 g/mol. The van der Waals surface area contributed by atoms with E-state index in [1.165, 1.54) is 12.0 Å². The fourth-order valence-corrected chi connectivity index (χ4v) is 2.57. The number of methoxy groups -OCH3 is 1. The van der Waals surface area contributed by atoms with Crippen LogP contribution in [0.4, 0.5) is 10.5 Å². The molecule has 2 amide bonds. The van der Waals surface area contributed by atoms with Crippen LogP contribution in [-0.2, 0) is 25.5 Å². The first-order valence-corrected chi connectivity index (χ1v) is 7.67. The summed E-state index contributed by atoms with van der Waals surface area (Å²) < 4.78 is 9.90. The highest BCUT2D eigenvalue weighted by Gasteiger charge is 2.38. The fraction of sp³-hybridized carbons (Fsp3) is 0.471. The zero-order valence-electron chi connectivity index (χ0n) is 14.3. The van der Waals surface area contributed by atoms with Gasteiger partial charge in [0.25, 0.3) is 0 Å². The number of esters is 1. The Morgan fingerprint density at radius 2 is 1.92 bits per heavy atom. The van der Waals surface area contributed by atoms with Crippen molar-refractivity contribution in [1.82, 2.24) is 5.32 Å². The number of rotatable bonds is 3. The van der Waals surface area contributed by atoms with Gasteiger partial charge in [0.2, 0.25) is 5.91 Å². The predicted molar refractivity (Wildman–Crippen MR) is 87.7 cm³/mol. The number of ether oxygens (including phenoxy) is 2. The Hall–Kier alpha value is -2.57. The standard InChI is InChI=1S/C17H22N2O5/c1-17(2,3)24-16(22)18-10-14(20)19-12-8-6-5-7-11(12)9-13(19)15(21)23-4/h5-8,13H,9-10H2,1-4H3,(H,18,22)/t13-/m0/s1. The van der Waals surface area contributed by atoms with Crippen molar-refractivity contribution in [2.24, 2.45) is 0 Å². The smallest absolute Gasteiger partial charge is 0.408 e. The van der Waals surface area contributed by atoms with Crippen LogP contribution in [0.15, 0.2) is 24.3 Å². The second-order valence-corrected chi connectivity index (χ2v) is 6.49. The Morgan fingerprint density at radius 1 is 1.25 bits per heavy atom. The molecule has 1 aliphatic heterocycles. The largest absolute Gasteiger partial charge is 0.467 e. The normalized spacial score (nSPS) is 16.3. The van der Waals surface area contributed by atoms with Gasteiger partial charge in [-0.3, -0.25) is 9.69 Å². The summed E-state index contributed by atoms with van der Waals surface area (Å²) in [7, 11) is 1.28. The van der Waals surface area contributed by atoms with Crippen LogP contribution in [0.5, 0.6) is 0 Å². The van der Waals surface area contributed by atoms with Gasteiger partial charge in [-0.25, -0.2) is 9.59 Å². The van der Waals surface area contributed by atoms with E-state index in [0.717, 1.165) is 5.56 Å². The van der Waals surface area contributed by atoms with Crippen LogP contribution in [0.1, 0.15) is 26.3 Å². The lowest BCUT2D eigenvalue weighted by Gasteiger charge is -2.24. The maximum atomic E-state index is 12.6. The third-order valence-corrected chi connectivity index (χ3v) is 3.50. The maximum Gasteiger partial charge on any atom is 0.408 e. The SMILES string of the molecule is COC(=O)[C@@H]1Cc2ccccc2N1C(=O)CNC(=O)OC(C)(C)C. The van der Waals surface area contributed by atoms with Gasteiger partial charge in [-0.15, -0.1) is 0 Å². The van der Waals surface area contributed by atoms with E-state index in [2.05, 4.69) is 5.32 Å². The number of carbonyl (C=O) groups is 3. The lowest BCUT2D eigenvalue weighted by Crippen LogP contribution is -2.48. The molecule has 0 spiro atoms. The van der Waals surface area contributed by atoms with E-state index in [9.17, 15) is 14.4 Å². The molecule has 2 rings (SSSR count). The lowest BCUT2D eigenvalue weighted by molar-refractivity contribution is -0.143. The topological polar surface area (TPSA) is 84.9 Å². The van der Waals surface area contributed by atoms with Crippen molar-refractivity contribution in [2.75, 3.05) is 18.6 Å². The number of hydrogen-bond donors (Lipinski definition) is 1. The fourth-order valence-electron chi connectivity index (χ4n) is 2.57. The van der Waals surface area contributed by atoms with Gasteiger partial charge in [0.15, 0.2) is 0 Å². The zero-order valence-corrected chi connectivity index (χ0v) is 14.3. The van der Waals surface area contributed by atoms with Crippen molar-refractivity contribution in [3.05, 3.63) is 29.8 Å². The summed E-state index contributed by atoms with van der Waals surface area (Å²) in [5.74, 6) is -0.891. The Kier molecular flexibility index (Phi) is 5.11. The van der Waals surface area contributed by atoms with Crippen LogP contribution in [0.2, 0.25) is 0 Å². The third kappa shape index (κ3) is 4.04. The third-order valence-electron chi connectivity index (χ3n) is 3.50. The highest BCUT2D eigenvalue weighted by atomic mass is 16.6. The Labute approximate surface area is 140 Å². The zero-order chi connectivity index (χ0) is 17.9. The number of para-hydroxylation sites is 1. The molecule has 1 N–H and O–H groups in total. The van der Waals surface area contributed by atoms with Crippen LogP contribution in [-0.4, -0.2) is 43.3 Å². The molecule has 130 valence electrons. The molecule has 0 saturated heterocycles. The number of fused-ring (bicyclic) bond motifs is 1. The molecule has 1 aromatic carbocycles. The number of alkyl carbamates (subject to hydrolysis) is 1. The van der Waals surface area contributed by atoms with E-state index in [1.54, 1.807) is 32.9 Å². The Balaban J connectivity index is 2.10. The molecule has 0 radical (unpaired) electrons. The molecule has 0 aliphatic carbocycles. The number of amides is 2. The van der Waals surface area contributed by atoms with Crippen molar-refractivity contribution in [1.29, 1.82) is 0 Å². The second-order valence-electron chi connectivity index (χ2n) is 6.49. The van der Waals surface area contributed by atoms with Crippen molar-refractivity contribution in [3.8, 4) is 0 Å². The highest BCUT2D eigenvalue weighted by molar-refractivity contribution is 6.03. The number of hydrogen-bond acceptors (Lipinski definition) is 5. The van der Waals surface area contributed by atoms with Gasteiger partial charge in [-0.1, -0.05) is 18.2 Å². The van der Waals surface area contributed by atoms with Gasteiger partial charge in [-0.05, 0) is 32.4 Å². The average molecular weight is 334 g/mol. The van der Waals surface area contributed by atoms with E-state index in [1.807, 2.05) is 12.1 Å². The lowest BCUT2D eigenvalue weighted by atomic mass is 10.1. The quantitative estimate of drug-likeness (QED) is 0.850. The van der Waals surface area contributed by atoms with Crippen LogP contribution in [0.3, 0.4) is 0 Å². The molecular formula is C17H22N2O5.